The topological polar surface area (TPSA) is 17.1 Å². The lowest BCUT2D eigenvalue weighted by atomic mass is 10.0. The molecule has 1 rings (SSSR count). The monoisotopic (exact) mass is 174 g/mol. The number of hydrogen-bond acceptors (Lipinski definition) is 1. The molecule has 1 aromatic carbocycles. The van der Waals surface area contributed by atoms with Crippen LogP contribution >= 0.6 is 0 Å². The maximum absolute atomic E-state index is 10.5. The van der Waals surface area contributed by atoms with Gasteiger partial charge in [0.15, 0.2) is 0 Å². The molecule has 0 saturated carbocycles. The molecule has 13 heavy (non-hydrogen) atoms. The number of aldehydes is 1. The Kier molecular flexibility index (Phi) is 3.44. The van der Waals surface area contributed by atoms with Crippen molar-refractivity contribution in [1.82, 2.24) is 0 Å². The molecule has 0 aliphatic carbocycles. The first-order valence-electron chi connectivity index (χ1n) is 4.43. The second kappa shape index (κ2) is 4.61. The van der Waals surface area contributed by atoms with E-state index in [9.17, 15) is 4.79 Å². The normalized spacial score (nSPS) is 10.6. The molecule has 0 amide bonds. The predicted octanol–water partition coefficient (Wildman–Crippen LogP) is 2.93. The van der Waals surface area contributed by atoms with Crippen LogP contribution in [0.1, 0.15) is 28.4 Å². The summed E-state index contributed by atoms with van der Waals surface area (Å²) in [5.74, 6) is 0. The molecule has 68 valence electrons. The number of benzene rings is 1. The molecule has 0 radical (unpaired) electrons. The summed E-state index contributed by atoms with van der Waals surface area (Å²) in [5.41, 5.74) is 3.22. The second-order valence-corrected chi connectivity index (χ2v) is 3.08. The summed E-state index contributed by atoms with van der Waals surface area (Å²) in [4.78, 5) is 10.5. The zero-order valence-electron chi connectivity index (χ0n) is 8.08. The van der Waals surface area contributed by atoms with Crippen LogP contribution < -0.4 is 0 Å². The van der Waals surface area contributed by atoms with Crippen LogP contribution in [0.15, 0.2) is 30.4 Å². The average Bonchev–Trinajstić information content (AvgIpc) is 2.17. The summed E-state index contributed by atoms with van der Waals surface area (Å²) in [7, 11) is 0. The van der Waals surface area contributed by atoms with E-state index < -0.39 is 0 Å². The summed E-state index contributed by atoms with van der Waals surface area (Å²) < 4.78 is 0. The van der Waals surface area contributed by atoms with E-state index in [0.717, 1.165) is 18.3 Å². The van der Waals surface area contributed by atoms with Gasteiger partial charge in [0.05, 0.1) is 0 Å². The SMILES string of the molecule is C/C=C\Cc1cc(C=O)ccc1C. The van der Waals surface area contributed by atoms with Gasteiger partial charge in [-0.05, 0) is 37.5 Å². The zero-order valence-corrected chi connectivity index (χ0v) is 8.08. The molecule has 0 heterocycles. The first-order valence-corrected chi connectivity index (χ1v) is 4.43. The Labute approximate surface area is 79.1 Å². The van der Waals surface area contributed by atoms with E-state index in [2.05, 4.69) is 13.0 Å². The third-order valence-corrected chi connectivity index (χ3v) is 2.08. The number of hydrogen-bond donors (Lipinski definition) is 0. The van der Waals surface area contributed by atoms with Gasteiger partial charge in [0.2, 0.25) is 0 Å². The van der Waals surface area contributed by atoms with Gasteiger partial charge in [0.1, 0.15) is 6.29 Å². The lowest BCUT2D eigenvalue weighted by molar-refractivity contribution is 0.112. The van der Waals surface area contributed by atoms with E-state index in [1.54, 1.807) is 0 Å². The molecule has 0 saturated heterocycles. The highest BCUT2D eigenvalue weighted by molar-refractivity contribution is 5.75. The Morgan fingerprint density at radius 3 is 2.77 bits per heavy atom. The summed E-state index contributed by atoms with van der Waals surface area (Å²) >= 11 is 0. The van der Waals surface area contributed by atoms with Gasteiger partial charge >= 0.3 is 0 Å². The minimum Gasteiger partial charge on any atom is -0.298 e. The minimum atomic E-state index is 0.755. The van der Waals surface area contributed by atoms with Crippen LogP contribution in [-0.4, -0.2) is 6.29 Å². The molecule has 0 aromatic heterocycles. The van der Waals surface area contributed by atoms with E-state index >= 15 is 0 Å². The van der Waals surface area contributed by atoms with Crippen LogP contribution in [0.3, 0.4) is 0 Å². The van der Waals surface area contributed by atoms with E-state index in [1.807, 2.05) is 31.2 Å². The largest absolute Gasteiger partial charge is 0.298 e. The Balaban J connectivity index is 2.96. The van der Waals surface area contributed by atoms with Crippen LogP contribution in [-0.2, 0) is 6.42 Å². The van der Waals surface area contributed by atoms with Crippen LogP contribution in [0.5, 0.6) is 0 Å². The molecule has 1 aromatic rings. The molecular weight excluding hydrogens is 160 g/mol. The molecule has 0 N–H and O–H groups in total. The maximum Gasteiger partial charge on any atom is 0.150 e. The molecule has 1 heteroatoms. The highest BCUT2D eigenvalue weighted by Gasteiger charge is 1.97. The van der Waals surface area contributed by atoms with Crippen molar-refractivity contribution in [1.29, 1.82) is 0 Å². The zero-order chi connectivity index (χ0) is 9.68. The van der Waals surface area contributed by atoms with Gasteiger partial charge < -0.3 is 0 Å². The Morgan fingerprint density at radius 1 is 1.38 bits per heavy atom. The van der Waals surface area contributed by atoms with Crippen molar-refractivity contribution in [2.75, 3.05) is 0 Å². The highest BCUT2D eigenvalue weighted by Crippen LogP contribution is 2.11. The molecule has 0 spiro atoms. The molecule has 0 aliphatic rings. The predicted molar refractivity (Wildman–Crippen MR) is 55.1 cm³/mol. The fourth-order valence-corrected chi connectivity index (χ4v) is 1.23. The lowest BCUT2D eigenvalue weighted by Gasteiger charge is -2.02. The second-order valence-electron chi connectivity index (χ2n) is 3.08. The number of carbonyl (C=O) groups excluding carboxylic acids is 1. The number of carbonyl (C=O) groups is 1. The van der Waals surface area contributed by atoms with E-state index in [-0.39, 0.29) is 0 Å². The smallest absolute Gasteiger partial charge is 0.150 e. The number of aryl methyl sites for hydroxylation is 1. The fourth-order valence-electron chi connectivity index (χ4n) is 1.23. The standard InChI is InChI=1S/C12H14O/c1-3-4-5-12-8-11(9-13)7-6-10(12)2/h3-4,6-9H,5H2,1-2H3/b4-3-. The average molecular weight is 174 g/mol. The molecular formula is C12H14O. The van der Waals surface area contributed by atoms with E-state index in [4.69, 9.17) is 0 Å². The van der Waals surface area contributed by atoms with E-state index in [0.29, 0.717) is 0 Å². The summed E-state index contributed by atoms with van der Waals surface area (Å²) in [6.45, 7) is 4.06. The Bertz CT molecular complexity index is 324. The van der Waals surface area contributed by atoms with Crippen LogP contribution in [0, 0.1) is 6.92 Å². The van der Waals surface area contributed by atoms with Crippen LogP contribution in [0.2, 0.25) is 0 Å². The van der Waals surface area contributed by atoms with Gasteiger partial charge in [-0.15, -0.1) is 0 Å². The van der Waals surface area contributed by atoms with Crippen LogP contribution in [0.4, 0.5) is 0 Å². The summed E-state index contributed by atoms with van der Waals surface area (Å²) in [6.07, 6.45) is 5.91. The molecule has 0 aliphatic heterocycles. The van der Waals surface area contributed by atoms with E-state index in [1.165, 1.54) is 11.1 Å². The first kappa shape index (κ1) is 9.72. The van der Waals surface area contributed by atoms with Crippen molar-refractivity contribution in [3.63, 3.8) is 0 Å². The summed E-state index contributed by atoms with van der Waals surface area (Å²) in [6, 6.07) is 5.78. The van der Waals surface area contributed by atoms with Gasteiger partial charge in [-0.2, -0.15) is 0 Å². The quantitative estimate of drug-likeness (QED) is 0.508. The molecule has 1 nitrogen and oxygen atoms in total. The van der Waals surface area contributed by atoms with Gasteiger partial charge in [-0.1, -0.05) is 24.3 Å². The van der Waals surface area contributed by atoms with Gasteiger partial charge in [0.25, 0.3) is 0 Å². The van der Waals surface area contributed by atoms with Gasteiger partial charge in [-0.3, -0.25) is 4.79 Å². The van der Waals surface area contributed by atoms with Crippen molar-refractivity contribution >= 4 is 6.29 Å². The third-order valence-electron chi connectivity index (χ3n) is 2.08. The highest BCUT2D eigenvalue weighted by atomic mass is 16.1. The molecule has 0 fully saturated rings. The van der Waals surface area contributed by atoms with Crippen molar-refractivity contribution < 1.29 is 4.79 Å². The van der Waals surface area contributed by atoms with Gasteiger partial charge in [0, 0.05) is 5.56 Å². The number of rotatable bonds is 3. The lowest BCUT2D eigenvalue weighted by Crippen LogP contribution is -1.89. The first-order chi connectivity index (χ1) is 6.27. The van der Waals surface area contributed by atoms with Crippen LogP contribution in [0.25, 0.3) is 0 Å². The third kappa shape index (κ3) is 2.55. The molecule has 0 bridgehead atoms. The fraction of sp³-hybridized carbons (Fsp3) is 0.250. The maximum atomic E-state index is 10.5. The van der Waals surface area contributed by atoms with Crippen molar-refractivity contribution in [2.45, 2.75) is 20.3 Å². The van der Waals surface area contributed by atoms with Crippen molar-refractivity contribution in [3.05, 3.63) is 47.0 Å². The Hall–Kier alpha value is -1.37. The van der Waals surface area contributed by atoms with Crippen molar-refractivity contribution in [3.8, 4) is 0 Å². The van der Waals surface area contributed by atoms with Gasteiger partial charge in [-0.25, -0.2) is 0 Å². The van der Waals surface area contributed by atoms with Crippen molar-refractivity contribution in [2.24, 2.45) is 0 Å². The Morgan fingerprint density at radius 2 is 2.15 bits per heavy atom. The molecule has 0 atom stereocenters. The minimum absolute atomic E-state index is 0.755. The number of allylic oxidation sites excluding steroid dienone is 2. The summed E-state index contributed by atoms with van der Waals surface area (Å²) in [5, 5.41) is 0. The molecule has 0 unspecified atom stereocenters.